The molecule has 1 aliphatic heterocycles. The second-order valence-corrected chi connectivity index (χ2v) is 7.64. The number of hydrogen-bond donors (Lipinski definition) is 3. The van der Waals surface area contributed by atoms with Gasteiger partial charge in [-0.1, -0.05) is 6.92 Å². The third-order valence-corrected chi connectivity index (χ3v) is 5.35. The summed E-state index contributed by atoms with van der Waals surface area (Å²) in [5.74, 6) is 1.42. The fourth-order valence-electron chi connectivity index (χ4n) is 3.56. The van der Waals surface area contributed by atoms with Gasteiger partial charge in [-0.3, -0.25) is 9.59 Å². The first kappa shape index (κ1) is 23.0. The third-order valence-electron chi connectivity index (χ3n) is 5.35. The van der Waals surface area contributed by atoms with Gasteiger partial charge in [0.15, 0.2) is 18.0 Å². The highest BCUT2D eigenvalue weighted by Crippen LogP contribution is 2.27. The summed E-state index contributed by atoms with van der Waals surface area (Å²) in [6.45, 7) is 8.08. The Labute approximate surface area is 173 Å². The summed E-state index contributed by atoms with van der Waals surface area (Å²) < 4.78 is 10.7. The first-order valence-electron chi connectivity index (χ1n) is 10.4. The molecule has 0 atom stereocenters. The van der Waals surface area contributed by atoms with Crippen molar-refractivity contribution in [3.8, 4) is 11.5 Å². The van der Waals surface area contributed by atoms with Gasteiger partial charge in [0.1, 0.15) is 32.7 Å². The van der Waals surface area contributed by atoms with E-state index in [9.17, 15) is 9.59 Å². The molecule has 1 aromatic rings. The van der Waals surface area contributed by atoms with E-state index in [-0.39, 0.29) is 18.4 Å². The predicted octanol–water partition coefficient (Wildman–Crippen LogP) is -2.03. The standard InChI is InChI=1S/C21H34N4O4/c1-5-8-22-20(26)15-23(2)21(27)16-25-11-9-24(10-12-25)14-17-6-7-18(28-3)19(13-17)29-4/h6-7,13H,5,8-12,14-16H2,1-4H3,(H,22,26)/p+2. The zero-order valence-corrected chi connectivity index (χ0v) is 18.2. The highest BCUT2D eigenvalue weighted by molar-refractivity contribution is 5.84. The molecule has 8 heteroatoms. The molecule has 2 rings (SSSR count). The maximum Gasteiger partial charge on any atom is 0.277 e. The summed E-state index contributed by atoms with van der Waals surface area (Å²) in [6.07, 6.45) is 0.892. The van der Waals surface area contributed by atoms with Crippen molar-refractivity contribution < 1.29 is 28.9 Å². The molecule has 162 valence electrons. The van der Waals surface area contributed by atoms with E-state index in [0.717, 1.165) is 50.6 Å². The number of carbonyl (C=O) groups is 2. The number of nitrogens with one attached hydrogen (secondary N) is 3. The minimum Gasteiger partial charge on any atom is -0.493 e. The number of ether oxygens (including phenoxy) is 2. The first-order valence-corrected chi connectivity index (χ1v) is 10.4. The van der Waals surface area contributed by atoms with Crippen LogP contribution in [0.25, 0.3) is 0 Å². The average molecular weight is 409 g/mol. The second-order valence-electron chi connectivity index (χ2n) is 7.64. The molecule has 1 saturated heterocycles. The van der Waals surface area contributed by atoms with Crippen LogP contribution in [0.3, 0.4) is 0 Å². The summed E-state index contributed by atoms with van der Waals surface area (Å²) >= 11 is 0. The zero-order valence-electron chi connectivity index (χ0n) is 18.2. The van der Waals surface area contributed by atoms with Crippen LogP contribution in [-0.2, 0) is 16.1 Å². The van der Waals surface area contributed by atoms with Crippen LogP contribution in [0.1, 0.15) is 18.9 Å². The number of rotatable bonds is 10. The molecule has 8 nitrogen and oxygen atoms in total. The lowest BCUT2D eigenvalue weighted by molar-refractivity contribution is -1.02. The van der Waals surface area contributed by atoms with E-state index in [2.05, 4.69) is 11.4 Å². The second kappa shape index (κ2) is 11.6. The van der Waals surface area contributed by atoms with Crippen molar-refractivity contribution in [1.82, 2.24) is 10.2 Å². The SMILES string of the molecule is CCCNC(=O)CN(C)C(=O)C[NH+]1CC[NH+](Cc2ccc(OC)c(OC)c2)CC1. The van der Waals surface area contributed by atoms with Crippen LogP contribution < -0.4 is 24.6 Å². The van der Waals surface area contributed by atoms with E-state index >= 15 is 0 Å². The monoisotopic (exact) mass is 408 g/mol. The third kappa shape index (κ3) is 7.21. The Morgan fingerprint density at radius 3 is 2.34 bits per heavy atom. The van der Waals surface area contributed by atoms with Gasteiger partial charge in [0.25, 0.3) is 5.91 Å². The van der Waals surface area contributed by atoms with E-state index in [1.165, 1.54) is 20.3 Å². The van der Waals surface area contributed by atoms with Crippen LogP contribution in [0.15, 0.2) is 18.2 Å². The summed E-state index contributed by atoms with van der Waals surface area (Å²) in [5.41, 5.74) is 1.22. The summed E-state index contributed by atoms with van der Waals surface area (Å²) in [4.78, 5) is 28.5. The fourth-order valence-corrected chi connectivity index (χ4v) is 3.56. The highest BCUT2D eigenvalue weighted by atomic mass is 16.5. The number of amides is 2. The lowest BCUT2D eigenvalue weighted by Crippen LogP contribution is -3.28. The molecular formula is C21H36N4O4+2. The van der Waals surface area contributed by atoms with Crippen LogP contribution >= 0.6 is 0 Å². The lowest BCUT2D eigenvalue weighted by atomic mass is 10.1. The number of benzene rings is 1. The lowest BCUT2D eigenvalue weighted by Gasteiger charge is -2.30. The van der Waals surface area contributed by atoms with Gasteiger partial charge < -0.3 is 29.5 Å². The molecule has 0 spiro atoms. The van der Waals surface area contributed by atoms with Crippen LogP contribution in [0.2, 0.25) is 0 Å². The van der Waals surface area contributed by atoms with Gasteiger partial charge in [-0.05, 0) is 24.6 Å². The molecule has 2 amide bonds. The van der Waals surface area contributed by atoms with Crippen molar-refractivity contribution in [2.75, 3.05) is 67.1 Å². The molecule has 0 aliphatic carbocycles. The molecule has 1 fully saturated rings. The Bertz CT molecular complexity index is 675. The summed E-state index contributed by atoms with van der Waals surface area (Å²) in [6, 6.07) is 6.06. The molecule has 0 radical (unpaired) electrons. The zero-order chi connectivity index (χ0) is 21.2. The maximum absolute atomic E-state index is 12.4. The van der Waals surface area contributed by atoms with Crippen molar-refractivity contribution in [3.63, 3.8) is 0 Å². The maximum atomic E-state index is 12.4. The molecular weight excluding hydrogens is 372 g/mol. The highest BCUT2D eigenvalue weighted by Gasteiger charge is 2.26. The number of quaternary nitrogens is 2. The van der Waals surface area contributed by atoms with Crippen LogP contribution in [0.5, 0.6) is 11.5 Å². The smallest absolute Gasteiger partial charge is 0.277 e. The van der Waals surface area contributed by atoms with E-state index in [0.29, 0.717) is 13.1 Å². The average Bonchev–Trinajstić information content (AvgIpc) is 2.73. The Morgan fingerprint density at radius 1 is 1.07 bits per heavy atom. The van der Waals surface area contributed by atoms with Gasteiger partial charge in [-0.2, -0.15) is 0 Å². The molecule has 3 N–H and O–H groups in total. The van der Waals surface area contributed by atoms with Crippen LogP contribution in [0.4, 0.5) is 0 Å². The van der Waals surface area contributed by atoms with Gasteiger partial charge in [-0.25, -0.2) is 0 Å². The van der Waals surface area contributed by atoms with Gasteiger partial charge in [0.05, 0.1) is 20.8 Å². The quantitative estimate of drug-likeness (QED) is 0.418. The number of methoxy groups -OCH3 is 2. The first-order chi connectivity index (χ1) is 14.0. The number of hydrogen-bond acceptors (Lipinski definition) is 4. The molecule has 29 heavy (non-hydrogen) atoms. The Balaban J connectivity index is 1.76. The molecule has 1 aliphatic rings. The summed E-state index contributed by atoms with van der Waals surface area (Å²) in [7, 11) is 4.99. The van der Waals surface area contributed by atoms with Gasteiger partial charge in [0.2, 0.25) is 5.91 Å². The van der Waals surface area contributed by atoms with Crippen molar-refractivity contribution >= 4 is 11.8 Å². The normalized spacial score (nSPS) is 18.8. The van der Waals surface area contributed by atoms with Gasteiger partial charge in [-0.15, -0.1) is 0 Å². The van der Waals surface area contributed by atoms with E-state index < -0.39 is 0 Å². The van der Waals surface area contributed by atoms with Crippen molar-refractivity contribution in [3.05, 3.63) is 23.8 Å². The van der Waals surface area contributed by atoms with Crippen molar-refractivity contribution in [2.45, 2.75) is 19.9 Å². The van der Waals surface area contributed by atoms with Crippen LogP contribution in [0, 0.1) is 0 Å². The molecule has 0 unspecified atom stereocenters. The van der Waals surface area contributed by atoms with Crippen LogP contribution in [-0.4, -0.2) is 83.8 Å². The van der Waals surface area contributed by atoms with Crippen molar-refractivity contribution in [2.24, 2.45) is 0 Å². The number of likely N-dealkylation sites (N-methyl/N-ethyl adjacent to an activating group) is 1. The fraction of sp³-hybridized carbons (Fsp3) is 0.619. The minimum atomic E-state index is -0.0955. The molecule has 0 bridgehead atoms. The number of piperazine rings is 1. The van der Waals surface area contributed by atoms with Gasteiger partial charge >= 0.3 is 0 Å². The molecule has 1 aromatic carbocycles. The largest absolute Gasteiger partial charge is 0.493 e. The molecule has 0 saturated carbocycles. The van der Waals surface area contributed by atoms with Gasteiger partial charge in [0, 0.05) is 19.2 Å². The summed E-state index contributed by atoms with van der Waals surface area (Å²) in [5, 5.41) is 2.81. The van der Waals surface area contributed by atoms with Crippen molar-refractivity contribution in [1.29, 1.82) is 0 Å². The Kier molecular flexibility index (Phi) is 9.21. The number of carbonyl (C=O) groups excluding carboxylic acids is 2. The van der Waals surface area contributed by atoms with E-state index in [1.807, 2.05) is 19.1 Å². The topological polar surface area (TPSA) is 76.8 Å². The van der Waals surface area contributed by atoms with E-state index in [4.69, 9.17) is 9.47 Å². The Hall–Kier alpha value is -2.32. The van der Waals surface area contributed by atoms with E-state index in [1.54, 1.807) is 21.3 Å². The molecule has 0 aromatic heterocycles. The Morgan fingerprint density at radius 2 is 1.72 bits per heavy atom. The number of nitrogens with zero attached hydrogens (tertiary/aromatic N) is 1. The molecule has 1 heterocycles. The minimum absolute atomic E-state index is 0.0231. The predicted molar refractivity (Wildman–Crippen MR) is 110 cm³/mol.